The number of benzene rings is 1. The van der Waals surface area contributed by atoms with E-state index in [2.05, 4.69) is 11.8 Å². The Balaban J connectivity index is 1.94. The first-order valence-corrected chi connectivity index (χ1v) is 7.82. The molecule has 1 atom stereocenters. The minimum absolute atomic E-state index is 0.225. The van der Waals surface area contributed by atoms with Crippen LogP contribution in [-0.2, 0) is 9.53 Å². The summed E-state index contributed by atoms with van der Waals surface area (Å²) >= 11 is 0. The van der Waals surface area contributed by atoms with Crippen LogP contribution in [0.3, 0.4) is 0 Å². The molecule has 0 saturated carbocycles. The van der Waals surface area contributed by atoms with E-state index in [0.29, 0.717) is 5.75 Å². The second kappa shape index (κ2) is 8.13. The van der Waals surface area contributed by atoms with E-state index in [1.54, 1.807) is 12.1 Å². The maximum atomic E-state index is 12.9. The van der Waals surface area contributed by atoms with E-state index in [0.717, 1.165) is 32.5 Å². The van der Waals surface area contributed by atoms with Crippen molar-refractivity contribution in [3.05, 3.63) is 30.1 Å². The lowest BCUT2D eigenvalue weighted by atomic mass is 9.84. The van der Waals surface area contributed by atoms with E-state index >= 15 is 0 Å². The van der Waals surface area contributed by atoms with Gasteiger partial charge in [-0.2, -0.15) is 0 Å². The first-order chi connectivity index (χ1) is 10.6. The summed E-state index contributed by atoms with van der Waals surface area (Å²) < 4.78 is 23.5. The van der Waals surface area contributed by atoms with Crippen molar-refractivity contribution >= 4 is 5.97 Å². The van der Waals surface area contributed by atoms with Crippen LogP contribution >= 0.6 is 0 Å². The second-order valence-electron chi connectivity index (χ2n) is 5.67. The predicted octanol–water partition coefficient (Wildman–Crippen LogP) is 2.73. The van der Waals surface area contributed by atoms with Crippen LogP contribution in [0, 0.1) is 17.7 Å². The molecule has 4 nitrogen and oxygen atoms in total. The monoisotopic (exact) mass is 309 g/mol. The summed E-state index contributed by atoms with van der Waals surface area (Å²) in [4.78, 5) is 14.4. The van der Waals surface area contributed by atoms with Gasteiger partial charge in [0.15, 0.2) is 0 Å². The average molecular weight is 309 g/mol. The van der Waals surface area contributed by atoms with Gasteiger partial charge in [0.2, 0.25) is 0 Å². The molecule has 22 heavy (non-hydrogen) atoms. The Morgan fingerprint density at radius 2 is 1.95 bits per heavy atom. The van der Waals surface area contributed by atoms with E-state index < -0.39 is 0 Å². The number of carbonyl (C=O) groups excluding carboxylic acids is 1. The molecule has 1 saturated heterocycles. The fourth-order valence-corrected chi connectivity index (χ4v) is 2.94. The number of nitrogens with zero attached hydrogens (tertiary/aromatic N) is 1. The molecule has 1 aromatic rings. The second-order valence-corrected chi connectivity index (χ2v) is 5.67. The first kappa shape index (κ1) is 16.7. The molecule has 122 valence electrons. The Morgan fingerprint density at radius 3 is 2.50 bits per heavy atom. The fourth-order valence-electron chi connectivity index (χ4n) is 2.94. The Hall–Kier alpha value is -1.62. The highest BCUT2D eigenvalue weighted by atomic mass is 19.1. The molecule has 0 radical (unpaired) electrons. The van der Waals surface area contributed by atoms with Crippen LogP contribution in [0.15, 0.2) is 24.3 Å². The van der Waals surface area contributed by atoms with Gasteiger partial charge in [-0.25, -0.2) is 4.39 Å². The van der Waals surface area contributed by atoms with Crippen molar-refractivity contribution in [2.75, 3.05) is 33.4 Å². The molecule has 0 aromatic heterocycles. The average Bonchev–Trinajstić information content (AvgIpc) is 2.57. The summed E-state index contributed by atoms with van der Waals surface area (Å²) in [6.07, 6.45) is 1.95. The number of halogens is 1. The van der Waals surface area contributed by atoms with E-state index in [9.17, 15) is 9.18 Å². The van der Waals surface area contributed by atoms with E-state index in [4.69, 9.17) is 9.47 Å². The van der Waals surface area contributed by atoms with Gasteiger partial charge in [0.25, 0.3) is 0 Å². The van der Waals surface area contributed by atoms with Gasteiger partial charge in [-0.05, 0) is 62.7 Å². The molecule has 1 heterocycles. The fraction of sp³-hybridized carbons (Fsp3) is 0.588. The van der Waals surface area contributed by atoms with Gasteiger partial charge in [-0.1, -0.05) is 6.92 Å². The van der Waals surface area contributed by atoms with Gasteiger partial charge < -0.3 is 14.4 Å². The van der Waals surface area contributed by atoms with Gasteiger partial charge in [-0.15, -0.1) is 0 Å². The van der Waals surface area contributed by atoms with Crippen molar-refractivity contribution < 1.29 is 18.7 Å². The van der Waals surface area contributed by atoms with E-state index in [-0.39, 0.29) is 30.2 Å². The van der Waals surface area contributed by atoms with Gasteiger partial charge >= 0.3 is 5.97 Å². The molecule has 1 aromatic carbocycles. The lowest BCUT2D eigenvalue weighted by molar-refractivity contribution is -0.149. The van der Waals surface area contributed by atoms with Crippen LogP contribution < -0.4 is 4.74 Å². The summed E-state index contributed by atoms with van der Waals surface area (Å²) in [5.41, 5.74) is 0. The van der Waals surface area contributed by atoms with Crippen molar-refractivity contribution in [2.45, 2.75) is 19.8 Å². The third-order valence-corrected chi connectivity index (χ3v) is 4.40. The number of esters is 1. The van der Waals surface area contributed by atoms with Gasteiger partial charge in [0, 0.05) is 0 Å². The van der Waals surface area contributed by atoms with Crippen LogP contribution in [0.2, 0.25) is 0 Å². The number of hydrogen-bond acceptors (Lipinski definition) is 4. The smallest absolute Gasteiger partial charge is 0.312 e. The SMILES string of the molecule is CCN1CCC(C(COc2ccc(F)cc2)C(=O)OC)CC1. The largest absolute Gasteiger partial charge is 0.493 e. The van der Waals surface area contributed by atoms with E-state index in [1.165, 1.54) is 19.2 Å². The number of likely N-dealkylation sites (tertiary alicyclic amines) is 1. The molecule has 0 amide bonds. The normalized spacial score (nSPS) is 18.0. The summed E-state index contributed by atoms with van der Waals surface area (Å²) in [7, 11) is 1.41. The topological polar surface area (TPSA) is 38.8 Å². The Labute approximate surface area is 131 Å². The molecule has 1 aliphatic rings. The maximum absolute atomic E-state index is 12.9. The highest BCUT2D eigenvalue weighted by Gasteiger charge is 2.32. The molecule has 0 aliphatic carbocycles. The summed E-state index contributed by atoms with van der Waals surface area (Å²) in [6.45, 7) is 5.48. The lowest BCUT2D eigenvalue weighted by Gasteiger charge is -2.34. The van der Waals surface area contributed by atoms with Crippen LogP contribution in [0.4, 0.5) is 4.39 Å². The van der Waals surface area contributed by atoms with Crippen molar-refractivity contribution in [3.8, 4) is 5.75 Å². The minimum Gasteiger partial charge on any atom is -0.493 e. The molecule has 1 unspecified atom stereocenters. The third kappa shape index (κ3) is 4.44. The number of piperidine rings is 1. The van der Waals surface area contributed by atoms with Crippen LogP contribution in [0.5, 0.6) is 5.75 Å². The number of ether oxygens (including phenoxy) is 2. The molecule has 0 N–H and O–H groups in total. The number of carbonyl (C=O) groups is 1. The van der Waals surface area contributed by atoms with Crippen molar-refractivity contribution in [1.82, 2.24) is 4.90 Å². The Kier molecular flexibility index (Phi) is 6.19. The minimum atomic E-state index is -0.302. The predicted molar refractivity (Wildman–Crippen MR) is 82.2 cm³/mol. The molecule has 1 aliphatic heterocycles. The molecule has 5 heteroatoms. The Bertz CT molecular complexity index is 469. The first-order valence-electron chi connectivity index (χ1n) is 7.82. The molecule has 0 bridgehead atoms. The number of hydrogen-bond donors (Lipinski definition) is 0. The quantitative estimate of drug-likeness (QED) is 0.758. The molecule has 1 fully saturated rings. The number of rotatable bonds is 6. The maximum Gasteiger partial charge on any atom is 0.312 e. The third-order valence-electron chi connectivity index (χ3n) is 4.40. The summed E-state index contributed by atoms with van der Waals surface area (Å²) in [5.74, 6) is 0.0481. The Morgan fingerprint density at radius 1 is 1.32 bits per heavy atom. The summed E-state index contributed by atoms with van der Waals surface area (Å²) in [6, 6.07) is 5.84. The van der Waals surface area contributed by atoms with Gasteiger partial charge in [-0.3, -0.25) is 4.79 Å². The zero-order valence-corrected chi connectivity index (χ0v) is 13.3. The van der Waals surface area contributed by atoms with Gasteiger partial charge in [0.1, 0.15) is 18.2 Å². The molecular formula is C17H24FNO3. The van der Waals surface area contributed by atoms with Crippen LogP contribution in [0.1, 0.15) is 19.8 Å². The standard InChI is InChI=1S/C17H24FNO3/c1-3-19-10-8-13(9-11-19)16(17(20)21-2)12-22-15-6-4-14(18)5-7-15/h4-7,13,16H,3,8-12H2,1-2H3. The highest BCUT2D eigenvalue weighted by Crippen LogP contribution is 2.27. The zero-order chi connectivity index (χ0) is 15.9. The van der Waals surface area contributed by atoms with Gasteiger partial charge in [0.05, 0.1) is 13.0 Å². The van der Waals surface area contributed by atoms with Crippen molar-refractivity contribution in [3.63, 3.8) is 0 Å². The number of methoxy groups -OCH3 is 1. The summed E-state index contributed by atoms with van der Waals surface area (Å²) in [5, 5.41) is 0. The van der Waals surface area contributed by atoms with Crippen molar-refractivity contribution in [2.24, 2.45) is 11.8 Å². The van der Waals surface area contributed by atoms with Crippen LogP contribution in [-0.4, -0.2) is 44.2 Å². The van der Waals surface area contributed by atoms with E-state index in [1.807, 2.05) is 0 Å². The molecule has 2 rings (SSSR count). The van der Waals surface area contributed by atoms with Crippen molar-refractivity contribution in [1.29, 1.82) is 0 Å². The highest BCUT2D eigenvalue weighted by molar-refractivity contribution is 5.72. The molecule has 0 spiro atoms. The lowest BCUT2D eigenvalue weighted by Crippen LogP contribution is -2.40. The zero-order valence-electron chi connectivity index (χ0n) is 13.3. The molecular weight excluding hydrogens is 285 g/mol. The van der Waals surface area contributed by atoms with Crippen LogP contribution in [0.25, 0.3) is 0 Å².